The third-order valence-corrected chi connectivity index (χ3v) is 4.39. The van der Waals surface area contributed by atoms with Crippen LogP contribution in [0.2, 0.25) is 0 Å². The van der Waals surface area contributed by atoms with Crippen LogP contribution in [-0.4, -0.2) is 24.2 Å². The van der Waals surface area contributed by atoms with Crippen molar-refractivity contribution in [3.8, 4) is 0 Å². The average molecular weight is 527 g/mol. The molecule has 5 nitrogen and oxygen atoms in total. The number of halogens is 4. The number of anilines is 2. The first kappa shape index (κ1) is 20.0. The maximum atomic E-state index is 14.4. The maximum Gasteiger partial charge on any atom is 0.277 e. The molecule has 0 aliphatic rings. The van der Waals surface area contributed by atoms with Gasteiger partial charge in [-0.15, -0.1) is 0 Å². The van der Waals surface area contributed by atoms with Gasteiger partial charge in [-0.1, -0.05) is 0 Å². The van der Waals surface area contributed by atoms with Gasteiger partial charge in [-0.3, -0.25) is 9.63 Å². The van der Waals surface area contributed by atoms with Crippen molar-refractivity contribution in [2.45, 2.75) is 6.42 Å². The lowest BCUT2D eigenvalue weighted by molar-refractivity contribution is 0.0262. The molecule has 0 aliphatic heterocycles. The molecule has 0 saturated heterocycles. The molecule has 9 heteroatoms. The van der Waals surface area contributed by atoms with Crippen LogP contribution in [0.3, 0.4) is 0 Å². The molecule has 0 aliphatic carbocycles. The van der Waals surface area contributed by atoms with Crippen molar-refractivity contribution >= 4 is 55.8 Å². The Morgan fingerprint density at radius 1 is 1.24 bits per heavy atom. The van der Waals surface area contributed by atoms with E-state index in [0.29, 0.717) is 12.1 Å². The van der Waals surface area contributed by atoms with Crippen molar-refractivity contribution in [1.29, 1.82) is 0 Å². The third-order valence-electron chi connectivity index (χ3n) is 3.09. The fraction of sp³-hybridized carbons (Fsp3) is 0.188. The second kappa shape index (κ2) is 9.41. The molecule has 0 saturated carbocycles. The van der Waals surface area contributed by atoms with E-state index in [4.69, 9.17) is 9.94 Å². The Kier molecular flexibility index (Phi) is 7.54. The minimum absolute atomic E-state index is 0.0902. The van der Waals surface area contributed by atoms with E-state index in [2.05, 4.69) is 49.3 Å². The summed E-state index contributed by atoms with van der Waals surface area (Å²) in [4.78, 5) is 17.1. The van der Waals surface area contributed by atoms with E-state index in [9.17, 15) is 13.6 Å². The van der Waals surface area contributed by atoms with Crippen molar-refractivity contribution in [2.24, 2.45) is 0 Å². The van der Waals surface area contributed by atoms with Gasteiger partial charge in [-0.05, 0) is 75.3 Å². The molecule has 2 aromatic carbocycles. The lowest BCUT2D eigenvalue weighted by Gasteiger charge is -2.15. The SMILES string of the molecule is O=C(NOCCCO)c1cc(Br)c(F)c(F)c1Nc1ccc(I)cc1. The molecular formula is C16H14BrF2IN2O3. The Bertz CT molecular complexity index is 760. The second-order valence-corrected chi connectivity index (χ2v) is 7.00. The van der Waals surface area contributed by atoms with Gasteiger partial charge in [0.05, 0.1) is 22.3 Å². The monoisotopic (exact) mass is 526 g/mol. The summed E-state index contributed by atoms with van der Waals surface area (Å²) in [5.41, 5.74) is 2.21. The van der Waals surface area contributed by atoms with E-state index >= 15 is 0 Å². The van der Waals surface area contributed by atoms with Crippen LogP contribution in [0.1, 0.15) is 16.8 Å². The Hall–Kier alpha value is -1.30. The van der Waals surface area contributed by atoms with Gasteiger partial charge in [0.1, 0.15) is 0 Å². The number of amides is 1. The predicted octanol–water partition coefficient (Wildman–Crippen LogP) is 4.12. The van der Waals surface area contributed by atoms with E-state index in [1.54, 1.807) is 24.3 Å². The van der Waals surface area contributed by atoms with Gasteiger partial charge in [0.25, 0.3) is 5.91 Å². The van der Waals surface area contributed by atoms with Gasteiger partial charge in [0, 0.05) is 15.9 Å². The van der Waals surface area contributed by atoms with Crippen LogP contribution in [0, 0.1) is 15.2 Å². The predicted molar refractivity (Wildman–Crippen MR) is 102 cm³/mol. The van der Waals surface area contributed by atoms with Crippen molar-refractivity contribution in [1.82, 2.24) is 5.48 Å². The lowest BCUT2D eigenvalue weighted by atomic mass is 10.1. The maximum absolute atomic E-state index is 14.4. The van der Waals surface area contributed by atoms with Crippen LogP contribution in [-0.2, 0) is 4.84 Å². The lowest BCUT2D eigenvalue weighted by Crippen LogP contribution is -2.26. The van der Waals surface area contributed by atoms with Crippen molar-refractivity contribution < 1.29 is 23.5 Å². The van der Waals surface area contributed by atoms with Crippen molar-refractivity contribution in [3.63, 3.8) is 0 Å². The van der Waals surface area contributed by atoms with E-state index in [-0.39, 0.29) is 28.9 Å². The number of aliphatic hydroxyl groups excluding tert-OH is 1. The molecule has 1 amide bonds. The van der Waals surface area contributed by atoms with Crippen LogP contribution in [0.4, 0.5) is 20.2 Å². The zero-order chi connectivity index (χ0) is 18.4. The largest absolute Gasteiger partial charge is 0.396 e. The summed E-state index contributed by atoms with van der Waals surface area (Å²) in [6.45, 7) is -0.000816. The molecule has 2 aromatic rings. The summed E-state index contributed by atoms with van der Waals surface area (Å²) in [5, 5.41) is 11.4. The summed E-state index contributed by atoms with van der Waals surface area (Å²) >= 11 is 5.01. The van der Waals surface area contributed by atoms with E-state index in [1.807, 2.05) is 0 Å². The zero-order valence-electron chi connectivity index (χ0n) is 12.8. The highest BCUT2D eigenvalue weighted by molar-refractivity contribution is 14.1. The summed E-state index contributed by atoms with van der Waals surface area (Å²) in [7, 11) is 0. The van der Waals surface area contributed by atoms with Crippen LogP contribution < -0.4 is 10.8 Å². The van der Waals surface area contributed by atoms with Crippen molar-refractivity contribution in [3.05, 3.63) is 55.6 Å². The fourth-order valence-electron chi connectivity index (χ4n) is 1.88. The topological polar surface area (TPSA) is 70.6 Å². The third kappa shape index (κ3) is 5.33. The Morgan fingerprint density at radius 3 is 2.56 bits per heavy atom. The normalized spacial score (nSPS) is 10.6. The van der Waals surface area contributed by atoms with Crippen molar-refractivity contribution in [2.75, 3.05) is 18.5 Å². The minimum Gasteiger partial charge on any atom is -0.396 e. The number of carbonyl (C=O) groups is 1. The summed E-state index contributed by atoms with van der Waals surface area (Å²) in [6.07, 6.45) is 0.329. The standard InChI is InChI=1S/C16H14BrF2IN2O3/c17-12-8-11(16(24)22-25-7-1-6-23)15(14(19)13(12)18)21-10-4-2-9(20)3-5-10/h2-5,8,21,23H,1,6-7H2,(H,22,24). The molecule has 0 atom stereocenters. The van der Waals surface area contributed by atoms with Gasteiger partial charge in [-0.2, -0.15) is 0 Å². The quantitative estimate of drug-likeness (QED) is 0.220. The zero-order valence-corrected chi connectivity index (χ0v) is 16.5. The molecule has 2 rings (SSSR count). The van der Waals surface area contributed by atoms with E-state index < -0.39 is 17.5 Å². The number of hydrogen-bond donors (Lipinski definition) is 3. The molecule has 0 bridgehead atoms. The van der Waals surface area contributed by atoms with Gasteiger partial charge >= 0.3 is 0 Å². The number of hydroxylamine groups is 1. The number of nitrogens with one attached hydrogen (secondary N) is 2. The number of benzene rings is 2. The molecule has 0 unspecified atom stereocenters. The van der Waals surface area contributed by atoms with Gasteiger partial charge < -0.3 is 10.4 Å². The van der Waals surface area contributed by atoms with Crippen LogP contribution >= 0.6 is 38.5 Å². The van der Waals surface area contributed by atoms with Gasteiger partial charge in [0.15, 0.2) is 11.6 Å². The molecule has 0 spiro atoms. The highest BCUT2D eigenvalue weighted by Gasteiger charge is 2.22. The molecule has 0 aromatic heterocycles. The first-order valence-electron chi connectivity index (χ1n) is 7.17. The average Bonchev–Trinajstić information content (AvgIpc) is 2.60. The number of hydrogen-bond acceptors (Lipinski definition) is 4. The van der Waals surface area contributed by atoms with E-state index in [1.165, 1.54) is 0 Å². The van der Waals surface area contributed by atoms with Crippen LogP contribution in [0.5, 0.6) is 0 Å². The second-order valence-electron chi connectivity index (χ2n) is 4.90. The Morgan fingerprint density at radius 2 is 1.92 bits per heavy atom. The summed E-state index contributed by atoms with van der Waals surface area (Å²) < 4.78 is 29.1. The molecule has 0 fully saturated rings. The molecule has 134 valence electrons. The number of carbonyl (C=O) groups excluding carboxylic acids is 1. The summed E-state index contributed by atoms with van der Waals surface area (Å²) in [5.74, 6) is -3.04. The fourth-order valence-corrected chi connectivity index (χ4v) is 2.64. The van der Waals surface area contributed by atoms with Crippen LogP contribution in [0.15, 0.2) is 34.8 Å². The molecule has 0 heterocycles. The highest BCUT2D eigenvalue weighted by atomic mass is 127. The first-order chi connectivity index (χ1) is 11.9. The van der Waals surface area contributed by atoms with E-state index in [0.717, 1.165) is 9.64 Å². The Balaban J connectivity index is 2.31. The molecule has 0 radical (unpaired) electrons. The number of aliphatic hydroxyl groups is 1. The smallest absolute Gasteiger partial charge is 0.277 e. The first-order valence-corrected chi connectivity index (χ1v) is 9.04. The molecule has 25 heavy (non-hydrogen) atoms. The molecule has 3 N–H and O–H groups in total. The Labute approximate surface area is 165 Å². The molecular weight excluding hydrogens is 513 g/mol. The van der Waals surface area contributed by atoms with Crippen LogP contribution in [0.25, 0.3) is 0 Å². The minimum atomic E-state index is -1.19. The van der Waals surface area contributed by atoms with Gasteiger partial charge in [-0.25, -0.2) is 14.3 Å². The van der Waals surface area contributed by atoms with Gasteiger partial charge in [0.2, 0.25) is 0 Å². The highest BCUT2D eigenvalue weighted by Crippen LogP contribution is 2.31. The summed E-state index contributed by atoms with van der Waals surface area (Å²) in [6, 6.07) is 8.10. The number of rotatable bonds is 7.